The summed E-state index contributed by atoms with van der Waals surface area (Å²) in [6.07, 6.45) is -15.0. The number of carbonyl (C=O) groups is 1. The molecular weight excluding hydrogens is 384 g/mol. The largest absolute Gasteiger partial charge is 0.364 e. The number of alkyl halides is 8. The number of halogens is 8. The number of aliphatic hydroxyl groups is 1. The molecule has 14 heteroatoms. The summed E-state index contributed by atoms with van der Waals surface area (Å²) in [6.45, 7) is -1.30. The average molecular weight is 394 g/mol. The number of aromatic nitrogens is 2. The Morgan fingerprint density at radius 1 is 1.12 bits per heavy atom. The summed E-state index contributed by atoms with van der Waals surface area (Å²) in [5, 5.41) is 15.4. The third-order valence-electron chi connectivity index (χ3n) is 3.44. The quantitative estimate of drug-likeness (QED) is 0.754. The minimum Gasteiger partial charge on any atom is -0.364 e. The van der Waals surface area contributed by atoms with Gasteiger partial charge in [-0.25, -0.2) is 35.1 Å². The van der Waals surface area contributed by atoms with Crippen molar-refractivity contribution in [3.05, 3.63) is 17.5 Å². The van der Waals surface area contributed by atoms with Crippen molar-refractivity contribution in [1.82, 2.24) is 14.8 Å². The molecule has 146 valence electrons. The Labute approximate surface area is 139 Å². The van der Waals surface area contributed by atoms with Crippen LogP contribution in [0.4, 0.5) is 35.1 Å². The molecule has 1 aliphatic rings. The zero-order valence-electron chi connectivity index (χ0n) is 12.5. The lowest BCUT2D eigenvalue weighted by molar-refractivity contribution is -0.192. The van der Waals surface area contributed by atoms with E-state index in [0.717, 1.165) is 0 Å². The summed E-state index contributed by atoms with van der Waals surface area (Å²) in [7, 11) is 0. The van der Waals surface area contributed by atoms with Crippen LogP contribution in [0.25, 0.3) is 0 Å². The predicted octanol–water partition coefficient (Wildman–Crippen LogP) is 2.57. The van der Waals surface area contributed by atoms with Gasteiger partial charge in [0.15, 0.2) is 0 Å². The first-order chi connectivity index (χ1) is 12.0. The maximum atomic E-state index is 13.0. The highest BCUT2D eigenvalue weighted by Gasteiger charge is 2.53. The van der Waals surface area contributed by atoms with Gasteiger partial charge in [-0.3, -0.25) is 9.48 Å². The van der Waals surface area contributed by atoms with E-state index >= 15 is 0 Å². The number of hydrogen-bond donors (Lipinski definition) is 1. The van der Waals surface area contributed by atoms with Gasteiger partial charge in [0.2, 0.25) is 5.72 Å². The van der Waals surface area contributed by atoms with Crippen LogP contribution in [0.3, 0.4) is 0 Å². The van der Waals surface area contributed by atoms with Crippen LogP contribution in [-0.4, -0.2) is 50.1 Å². The molecule has 0 bridgehead atoms. The van der Waals surface area contributed by atoms with E-state index in [4.69, 9.17) is 0 Å². The van der Waals surface area contributed by atoms with Crippen LogP contribution in [0, 0.1) is 0 Å². The van der Waals surface area contributed by atoms with Gasteiger partial charge in [-0.2, -0.15) is 15.2 Å². The van der Waals surface area contributed by atoms with E-state index in [0.29, 0.717) is 6.07 Å². The van der Waals surface area contributed by atoms with E-state index in [9.17, 15) is 45.0 Å². The van der Waals surface area contributed by atoms with E-state index in [1.54, 1.807) is 0 Å². The third-order valence-corrected chi connectivity index (χ3v) is 3.44. The van der Waals surface area contributed by atoms with Crippen molar-refractivity contribution in [2.24, 2.45) is 5.10 Å². The number of carbonyl (C=O) groups excluding carboxylic acids is 1. The fourth-order valence-electron chi connectivity index (χ4n) is 2.21. The maximum Gasteiger partial charge on any atom is 0.287 e. The molecule has 1 aliphatic heterocycles. The first-order valence-electron chi connectivity index (χ1n) is 6.80. The Bertz CT molecular complexity index is 707. The van der Waals surface area contributed by atoms with Crippen molar-refractivity contribution in [3.63, 3.8) is 0 Å². The second-order valence-electron chi connectivity index (χ2n) is 5.21. The van der Waals surface area contributed by atoms with Crippen LogP contribution in [-0.2, 0) is 11.3 Å². The minimum atomic E-state index is -3.71. The number of amides is 1. The van der Waals surface area contributed by atoms with Gasteiger partial charge < -0.3 is 5.11 Å². The van der Waals surface area contributed by atoms with Gasteiger partial charge in [0.25, 0.3) is 31.6 Å². The monoisotopic (exact) mass is 394 g/mol. The molecule has 0 unspecified atom stereocenters. The molecule has 0 radical (unpaired) electrons. The fourth-order valence-corrected chi connectivity index (χ4v) is 2.21. The highest BCUT2D eigenvalue weighted by molar-refractivity contribution is 5.92. The van der Waals surface area contributed by atoms with Gasteiger partial charge in [-0.05, 0) is 6.07 Å². The molecular formula is C12H10F8N4O2. The molecule has 0 spiro atoms. The van der Waals surface area contributed by atoms with Crippen molar-refractivity contribution in [1.29, 1.82) is 0 Å². The van der Waals surface area contributed by atoms with Gasteiger partial charge in [-0.1, -0.05) is 0 Å². The molecule has 0 saturated carbocycles. The van der Waals surface area contributed by atoms with Crippen LogP contribution in [0.1, 0.15) is 30.7 Å². The molecule has 1 aromatic heterocycles. The summed E-state index contributed by atoms with van der Waals surface area (Å²) in [4.78, 5) is 12.0. The summed E-state index contributed by atoms with van der Waals surface area (Å²) in [6, 6.07) is 0.305. The summed E-state index contributed by atoms with van der Waals surface area (Å²) in [5.74, 6) is -1.62. The van der Waals surface area contributed by atoms with Crippen molar-refractivity contribution in [2.45, 2.75) is 44.4 Å². The first kappa shape index (κ1) is 20.1. The fraction of sp³-hybridized carbons (Fsp3) is 0.583. The van der Waals surface area contributed by atoms with Crippen LogP contribution >= 0.6 is 0 Å². The molecule has 2 rings (SSSR count). The van der Waals surface area contributed by atoms with Crippen LogP contribution < -0.4 is 0 Å². The molecule has 1 aromatic rings. The number of hydrazone groups is 1. The van der Waals surface area contributed by atoms with Gasteiger partial charge in [0, 0.05) is 6.42 Å². The zero-order valence-corrected chi connectivity index (χ0v) is 12.5. The van der Waals surface area contributed by atoms with Gasteiger partial charge in [-0.15, -0.1) is 0 Å². The average Bonchev–Trinajstić information content (AvgIpc) is 3.09. The Morgan fingerprint density at radius 2 is 1.73 bits per heavy atom. The zero-order chi connectivity index (χ0) is 19.8. The van der Waals surface area contributed by atoms with Gasteiger partial charge in [0.1, 0.15) is 23.6 Å². The molecule has 0 fully saturated rings. The number of hydrogen-bond acceptors (Lipinski definition) is 4. The second-order valence-corrected chi connectivity index (χ2v) is 5.21. The van der Waals surface area contributed by atoms with E-state index < -0.39 is 67.4 Å². The van der Waals surface area contributed by atoms with Crippen molar-refractivity contribution in [2.75, 3.05) is 0 Å². The maximum absolute atomic E-state index is 13.0. The smallest absolute Gasteiger partial charge is 0.287 e. The molecule has 1 amide bonds. The highest BCUT2D eigenvalue weighted by Crippen LogP contribution is 2.33. The van der Waals surface area contributed by atoms with Gasteiger partial charge >= 0.3 is 0 Å². The van der Waals surface area contributed by atoms with E-state index in [2.05, 4.69) is 10.2 Å². The topological polar surface area (TPSA) is 70.7 Å². The van der Waals surface area contributed by atoms with E-state index in [1.165, 1.54) is 0 Å². The van der Waals surface area contributed by atoms with Crippen molar-refractivity contribution in [3.8, 4) is 0 Å². The normalized spacial score (nSPS) is 20.8. The standard InChI is InChI=1S/C12H10F8N4O2/c13-8(14)4-1-6(10(17)18)23(21-4)3-7(25)24-12(26,11(19)20)2-5(22-24)9(15)16/h1,8-11,26H,2-3H2/t12-/m0/s1. The Hall–Kier alpha value is -2.25. The Morgan fingerprint density at radius 3 is 2.19 bits per heavy atom. The van der Waals surface area contributed by atoms with Crippen molar-refractivity contribution >= 4 is 11.6 Å². The number of rotatable bonds is 6. The Balaban J connectivity index is 2.33. The second kappa shape index (κ2) is 7.17. The SMILES string of the molecule is O=C(Cn1nc(C(F)F)cc1C(F)F)N1N=C(C(F)F)C[C@]1(O)C(F)F. The van der Waals surface area contributed by atoms with E-state index in [-0.39, 0.29) is 9.69 Å². The minimum absolute atomic E-state index is 0.107. The summed E-state index contributed by atoms with van der Waals surface area (Å²) >= 11 is 0. The lowest BCUT2D eigenvalue weighted by atomic mass is 10.1. The van der Waals surface area contributed by atoms with Crippen LogP contribution in [0.2, 0.25) is 0 Å². The third kappa shape index (κ3) is 3.64. The van der Waals surface area contributed by atoms with Crippen LogP contribution in [0.5, 0.6) is 0 Å². The molecule has 1 atom stereocenters. The lowest BCUT2D eigenvalue weighted by Crippen LogP contribution is -2.52. The summed E-state index contributed by atoms with van der Waals surface area (Å²) in [5.41, 5.74) is -6.85. The Kier molecular flexibility index (Phi) is 5.53. The lowest BCUT2D eigenvalue weighted by Gasteiger charge is -2.30. The molecule has 26 heavy (non-hydrogen) atoms. The van der Waals surface area contributed by atoms with Gasteiger partial charge in [0.05, 0.1) is 0 Å². The molecule has 6 nitrogen and oxygen atoms in total. The number of nitrogens with zero attached hydrogens (tertiary/aromatic N) is 4. The van der Waals surface area contributed by atoms with Crippen molar-refractivity contribution < 1.29 is 45.0 Å². The molecule has 2 heterocycles. The highest BCUT2D eigenvalue weighted by atomic mass is 19.3. The van der Waals surface area contributed by atoms with Crippen LogP contribution in [0.15, 0.2) is 11.2 Å². The summed E-state index contributed by atoms with van der Waals surface area (Å²) < 4.78 is 102. The molecule has 1 N–H and O–H groups in total. The first-order valence-corrected chi connectivity index (χ1v) is 6.80. The molecule has 0 aromatic carbocycles. The predicted molar refractivity (Wildman–Crippen MR) is 68.0 cm³/mol. The van der Waals surface area contributed by atoms with E-state index in [1.807, 2.05) is 0 Å². The molecule has 0 saturated heterocycles. The molecule has 0 aliphatic carbocycles.